The molecule has 0 aromatic carbocycles. The molecule has 6 heteroatoms. The predicted molar refractivity (Wildman–Crippen MR) is 69.6 cm³/mol. The highest BCUT2D eigenvalue weighted by Crippen LogP contribution is 2.27. The van der Waals surface area contributed by atoms with Crippen molar-refractivity contribution in [3.63, 3.8) is 0 Å². The van der Waals surface area contributed by atoms with Crippen LogP contribution in [0.25, 0.3) is 0 Å². The van der Waals surface area contributed by atoms with Crippen molar-refractivity contribution in [2.75, 3.05) is 5.32 Å². The van der Waals surface area contributed by atoms with Crippen LogP contribution in [0, 0.1) is 18.8 Å². The average molecular weight is 263 g/mol. The number of hydrogen-bond donors (Lipinski definition) is 2. The fourth-order valence-electron chi connectivity index (χ4n) is 2.32. The molecule has 0 bridgehead atoms. The number of aliphatic carboxylic acids is 1. The van der Waals surface area contributed by atoms with E-state index in [1.165, 1.54) is 0 Å². The van der Waals surface area contributed by atoms with Gasteiger partial charge in [-0.15, -0.1) is 0 Å². The lowest BCUT2D eigenvalue weighted by Crippen LogP contribution is -2.34. The highest BCUT2D eigenvalue weighted by molar-refractivity contribution is 5.95. The fraction of sp³-hybridized carbons (Fsp3) is 0.462. The maximum atomic E-state index is 12.2. The molecule has 1 aliphatic rings. The lowest BCUT2D eigenvalue weighted by atomic mass is 9.82. The van der Waals surface area contributed by atoms with Gasteiger partial charge in [0, 0.05) is 13.2 Å². The van der Waals surface area contributed by atoms with Crippen LogP contribution in [0.15, 0.2) is 18.3 Å². The Kier molecular flexibility index (Phi) is 3.69. The molecule has 2 rings (SSSR count). The van der Waals surface area contributed by atoms with E-state index in [9.17, 15) is 9.59 Å². The van der Waals surface area contributed by atoms with Crippen molar-refractivity contribution < 1.29 is 14.7 Å². The largest absolute Gasteiger partial charge is 0.481 e. The number of anilines is 1. The number of allylic oxidation sites excluding steroid dienone is 2. The summed E-state index contributed by atoms with van der Waals surface area (Å²) in [6.07, 6.45) is 6.25. The Balaban J connectivity index is 2.12. The number of nitrogens with zero attached hydrogens (tertiary/aromatic N) is 2. The maximum absolute atomic E-state index is 12.2. The van der Waals surface area contributed by atoms with Crippen LogP contribution in [0.3, 0.4) is 0 Å². The second-order valence-corrected chi connectivity index (χ2v) is 4.79. The summed E-state index contributed by atoms with van der Waals surface area (Å²) >= 11 is 0. The number of carbonyl (C=O) groups is 2. The van der Waals surface area contributed by atoms with Gasteiger partial charge < -0.3 is 10.4 Å². The van der Waals surface area contributed by atoms with E-state index in [0.717, 1.165) is 0 Å². The van der Waals surface area contributed by atoms with Crippen LogP contribution >= 0.6 is 0 Å². The first-order valence-electron chi connectivity index (χ1n) is 6.18. The van der Waals surface area contributed by atoms with Crippen LogP contribution in [-0.4, -0.2) is 26.8 Å². The fourth-order valence-corrected chi connectivity index (χ4v) is 2.32. The van der Waals surface area contributed by atoms with Crippen molar-refractivity contribution >= 4 is 17.6 Å². The molecule has 2 N–H and O–H groups in total. The van der Waals surface area contributed by atoms with Crippen LogP contribution in [0.2, 0.25) is 0 Å². The number of amides is 1. The summed E-state index contributed by atoms with van der Waals surface area (Å²) in [7, 11) is 1.77. The summed E-state index contributed by atoms with van der Waals surface area (Å²) in [4.78, 5) is 23.4. The molecule has 6 nitrogen and oxygen atoms in total. The zero-order valence-electron chi connectivity index (χ0n) is 11.0. The number of nitrogens with one attached hydrogen (secondary N) is 1. The molecule has 0 saturated carbocycles. The molecule has 0 aliphatic heterocycles. The Bertz CT molecular complexity index is 533. The molecular formula is C13H17N3O3. The summed E-state index contributed by atoms with van der Waals surface area (Å²) in [5.74, 6) is -2.36. The van der Waals surface area contributed by atoms with Crippen molar-refractivity contribution in [3.05, 3.63) is 24.0 Å². The Morgan fingerprint density at radius 3 is 2.53 bits per heavy atom. The predicted octanol–water partition coefficient (Wildman–Crippen LogP) is 1.33. The van der Waals surface area contributed by atoms with Gasteiger partial charge in [0.05, 0.1) is 23.2 Å². The van der Waals surface area contributed by atoms with E-state index >= 15 is 0 Å². The van der Waals surface area contributed by atoms with Crippen molar-refractivity contribution in [2.24, 2.45) is 18.9 Å². The standard InChI is InChI=1S/C13H17N3O3/c1-8-11(7-16(2)15-8)14-12(17)9-5-3-4-6-10(9)13(18)19/h3-4,7,9-10H,5-6H2,1-2H3,(H,14,17)(H,18,19)/t9-,10-/m1/s1. The molecule has 0 fully saturated rings. The molecule has 19 heavy (non-hydrogen) atoms. The molecule has 1 amide bonds. The smallest absolute Gasteiger partial charge is 0.307 e. The lowest BCUT2D eigenvalue weighted by molar-refractivity contribution is -0.146. The zero-order chi connectivity index (χ0) is 14.0. The molecular weight excluding hydrogens is 246 g/mol. The summed E-state index contributed by atoms with van der Waals surface area (Å²) in [5.41, 5.74) is 1.35. The quantitative estimate of drug-likeness (QED) is 0.806. The third-order valence-electron chi connectivity index (χ3n) is 3.36. The van der Waals surface area contributed by atoms with E-state index in [-0.39, 0.29) is 5.91 Å². The maximum Gasteiger partial charge on any atom is 0.307 e. The topological polar surface area (TPSA) is 84.2 Å². The first-order valence-corrected chi connectivity index (χ1v) is 6.18. The van der Waals surface area contributed by atoms with E-state index in [2.05, 4.69) is 10.4 Å². The van der Waals surface area contributed by atoms with E-state index in [4.69, 9.17) is 5.11 Å². The van der Waals surface area contributed by atoms with E-state index < -0.39 is 17.8 Å². The number of rotatable bonds is 3. The average Bonchev–Trinajstić information content (AvgIpc) is 2.67. The summed E-state index contributed by atoms with van der Waals surface area (Å²) in [5, 5.41) is 16.1. The van der Waals surface area contributed by atoms with Gasteiger partial charge in [-0.05, 0) is 19.8 Å². The first-order chi connectivity index (χ1) is 8.99. The number of aromatic nitrogens is 2. The van der Waals surface area contributed by atoms with Gasteiger partial charge in [-0.25, -0.2) is 0 Å². The van der Waals surface area contributed by atoms with E-state index in [0.29, 0.717) is 24.2 Å². The van der Waals surface area contributed by atoms with Gasteiger partial charge in [0.2, 0.25) is 5.91 Å². The minimum atomic E-state index is -0.924. The molecule has 2 atom stereocenters. The minimum Gasteiger partial charge on any atom is -0.481 e. The lowest BCUT2D eigenvalue weighted by Gasteiger charge is -2.24. The van der Waals surface area contributed by atoms with Gasteiger partial charge in [-0.2, -0.15) is 5.10 Å². The molecule has 1 aromatic heterocycles. The Morgan fingerprint density at radius 1 is 1.37 bits per heavy atom. The molecule has 102 valence electrons. The van der Waals surface area contributed by atoms with Gasteiger partial charge in [0.25, 0.3) is 0 Å². The second-order valence-electron chi connectivity index (χ2n) is 4.79. The van der Waals surface area contributed by atoms with Gasteiger partial charge in [-0.1, -0.05) is 12.2 Å². The van der Waals surface area contributed by atoms with Gasteiger partial charge in [0.15, 0.2) is 0 Å². The van der Waals surface area contributed by atoms with Gasteiger partial charge in [-0.3, -0.25) is 14.3 Å². The number of hydrogen-bond acceptors (Lipinski definition) is 3. The minimum absolute atomic E-state index is 0.257. The van der Waals surface area contributed by atoms with Crippen LogP contribution in [0.4, 0.5) is 5.69 Å². The molecule has 1 aromatic rings. The van der Waals surface area contributed by atoms with E-state index in [1.807, 2.05) is 12.2 Å². The van der Waals surface area contributed by atoms with Gasteiger partial charge >= 0.3 is 5.97 Å². The van der Waals surface area contributed by atoms with Crippen LogP contribution in [-0.2, 0) is 16.6 Å². The van der Waals surface area contributed by atoms with Gasteiger partial charge in [0.1, 0.15) is 0 Å². The molecule has 0 unspecified atom stereocenters. The molecule has 1 heterocycles. The van der Waals surface area contributed by atoms with Crippen molar-refractivity contribution in [3.8, 4) is 0 Å². The van der Waals surface area contributed by atoms with Crippen LogP contribution in [0.1, 0.15) is 18.5 Å². The molecule has 0 radical (unpaired) electrons. The normalized spacial score (nSPS) is 22.2. The Hall–Kier alpha value is -2.11. The van der Waals surface area contributed by atoms with E-state index in [1.54, 1.807) is 24.9 Å². The number of aryl methyl sites for hydroxylation is 2. The van der Waals surface area contributed by atoms with Crippen molar-refractivity contribution in [2.45, 2.75) is 19.8 Å². The van der Waals surface area contributed by atoms with Crippen LogP contribution in [0.5, 0.6) is 0 Å². The Labute approximate surface area is 111 Å². The first kappa shape index (κ1) is 13.3. The summed E-state index contributed by atoms with van der Waals surface area (Å²) in [6, 6.07) is 0. The van der Waals surface area contributed by atoms with Crippen LogP contribution < -0.4 is 5.32 Å². The number of carbonyl (C=O) groups excluding carboxylic acids is 1. The number of carboxylic acids is 1. The SMILES string of the molecule is Cc1nn(C)cc1NC(=O)[C@@H]1CC=CC[C@H]1C(=O)O. The molecule has 0 spiro atoms. The second kappa shape index (κ2) is 5.26. The summed E-state index contributed by atoms with van der Waals surface area (Å²) < 4.78 is 1.61. The summed E-state index contributed by atoms with van der Waals surface area (Å²) in [6.45, 7) is 1.80. The molecule has 1 aliphatic carbocycles. The number of carboxylic acid groups (broad SMARTS) is 1. The third kappa shape index (κ3) is 2.83. The highest BCUT2D eigenvalue weighted by Gasteiger charge is 2.34. The van der Waals surface area contributed by atoms with Crippen molar-refractivity contribution in [1.29, 1.82) is 0 Å². The third-order valence-corrected chi connectivity index (χ3v) is 3.36. The Morgan fingerprint density at radius 2 is 2.00 bits per heavy atom. The zero-order valence-corrected chi connectivity index (χ0v) is 11.0. The van der Waals surface area contributed by atoms with Crippen molar-refractivity contribution in [1.82, 2.24) is 9.78 Å². The molecule has 0 saturated heterocycles. The highest BCUT2D eigenvalue weighted by atomic mass is 16.4. The monoisotopic (exact) mass is 263 g/mol.